The Hall–Kier alpha value is -0.940. The predicted octanol–water partition coefficient (Wildman–Crippen LogP) is 1.95. The molecule has 1 aromatic rings. The van der Waals surface area contributed by atoms with Gasteiger partial charge >= 0.3 is 5.97 Å². The summed E-state index contributed by atoms with van der Waals surface area (Å²) >= 11 is 1.56. The zero-order valence-electron chi connectivity index (χ0n) is 10.2. The van der Waals surface area contributed by atoms with Crippen molar-refractivity contribution in [2.24, 2.45) is 0 Å². The molecule has 1 atom stereocenters. The van der Waals surface area contributed by atoms with Crippen molar-refractivity contribution < 1.29 is 9.53 Å². The van der Waals surface area contributed by atoms with Crippen LogP contribution in [0.15, 0.2) is 0 Å². The molecule has 1 rings (SSSR count). The van der Waals surface area contributed by atoms with Crippen molar-refractivity contribution in [2.75, 3.05) is 20.2 Å². The first-order valence-electron chi connectivity index (χ1n) is 5.39. The minimum absolute atomic E-state index is 0.317. The fourth-order valence-electron chi connectivity index (χ4n) is 1.41. The minimum atomic E-state index is -0.320. The summed E-state index contributed by atoms with van der Waals surface area (Å²) in [6.45, 7) is 7.03. The molecule has 1 N–H and O–H groups in total. The van der Waals surface area contributed by atoms with Crippen molar-refractivity contribution in [3.8, 4) is 0 Å². The van der Waals surface area contributed by atoms with Gasteiger partial charge in [0, 0.05) is 17.3 Å². The topological polar surface area (TPSA) is 51.2 Å². The maximum atomic E-state index is 11.6. The first kappa shape index (κ1) is 13.1. The Labute approximate surface area is 100 Å². The number of nitrogens with zero attached hydrogens (tertiary/aromatic N) is 1. The van der Waals surface area contributed by atoms with Gasteiger partial charge in [-0.2, -0.15) is 0 Å². The number of aryl methyl sites for hydroxylation is 1. The second-order valence-corrected chi connectivity index (χ2v) is 4.87. The molecule has 0 radical (unpaired) electrons. The molecule has 16 heavy (non-hydrogen) atoms. The Kier molecular flexibility index (Phi) is 4.89. The fourth-order valence-corrected chi connectivity index (χ4v) is 2.37. The molecule has 0 aromatic carbocycles. The van der Waals surface area contributed by atoms with Crippen molar-refractivity contribution in [2.45, 2.75) is 26.7 Å². The lowest BCUT2D eigenvalue weighted by atomic mass is 10.2. The van der Waals surface area contributed by atoms with Crippen LogP contribution in [0.25, 0.3) is 0 Å². The van der Waals surface area contributed by atoms with Crippen LogP contribution in [0.4, 0.5) is 0 Å². The average Bonchev–Trinajstić information content (AvgIpc) is 2.61. The number of nitrogens with one attached hydrogen (secondary N) is 1. The SMILES string of the molecule is CCOC(=O)c1nc(C(C)CNC)sc1C. The zero-order valence-corrected chi connectivity index (χ0v) is 11.0. The van der Waals surface area contributed by atoms with E-state index in [0.29, 0.717) is 18.2 Å². The lowest BCUT2D eigenvalue weighted by Crippen LogP contribution is -2.15. The van der Waals surface area contributed by atoms with Crippen molar-refractivity contribution in [1.82, 2.24) is 10.3 Å². The Morgan fingerprint density at radius 3 is 2.88 bits per heavy atom. The van der Waals surface area contributed by atoms with Gasteiger partial charge in [-0.1, -0.05) is 6.92 Å². The van der Waals surface area contributed by atoms with Gasteiger partial charge in [-0.3, -0.25) is 0 Å². The molecule has 0 saturated carbocycles. The van der Waals surface area contributed by atoms with Gasteiger partial charge < -0.3 is 10.1 Å². The van der Waals surface area contributed by atoms with Gasteiger partial charge in [0.2, 0.25) is 0 Å². The number of rotatable bonds is 5. The maximum absolute atomic E-state index is 11.6. The highest BCUT2D eigenvalue weighted by molar-refractivity contribution is 7.12. The molecule has 0 amide bonds. The van der Waals surface area contributed by atoms with Gasteiger partial charge in [0.1, 0.15) is 0 Å². The molecule has 1 unspecified atom stereocenters. The molecule has 90 valence electrons. The molecule has 1 aromatic heterocycles. The molecule has 5 heteroatoms. The predicted molar refractivity (Wildman–Crippen MR) is 65.1 cm³/mol. The standard InChI is InChI=1S/C11H18N2O2S/c1-5-15-11(14)9-8(3)16-10(13-9)7(2)6-12-4/h7,12H,5-6H2,1-4H3. The van der Waals surface area contributed by atoms with Gasteiger partial charge in [0.15, 0.2) is 5.69 Å². The number of carbonyl (C=O) groups is 1. The monoisotopic (exact) mass is 242 g/mol. The van der Waals surface area contributed by atoms with Crippen LogP contribution in [0.2, 0.25) is 0 Å². The molecule has 0 aliphatic heterocycles. The van der Waals surface area contributed by atoms with Crippen LogP contribution in [-0.2, 0) is 4.74 Å². The number of aromatic nitrogens is 1. The molecule has 0 aliphatic carbocycles. The number of hydrogen-bond donors (Lipinski definition) is 1. The lowest BCUT2D eigenvalue weighted by Gasteiger charge is -2.05. The van der Waals surface area contributed by atoms with E-state index in [1.807, 2.05) is 14.0 Å². The molecular formula is C11H18N2O2S. The second-order valence-electron chi connectivity index (χ2n) is 3.64. The molecule has 0 fully saturated rings. The number of ether oxygens (including phenoxy) is 1. The molecule has 0 saturated heterocycles. The van der Waals surface area contributed by atoms with Crippen LogP contribution >= 0.6 is 11.3 Å². The Morgan fingerprint density at radius 2 is 2.31 bits per heavy atom. The smallest absolute Gasteiger partial charge is 0.358 e. The van der Waals surface area contributed by atoms with Crippen LogP contribution in [0.3, 0.4) is 0 Å². The van der Waals surface area contributed by atoms with E-state index >= 15 is 0 Å². The largest absolute Gasteiger partial charge is 0.461 e. The number of likely N-dealkylation sites (N-methyl/N-ethyl adjacent to an activating group) is 1. The van der Waals surface area contributed by atoms with E-state index in [1.54, 1.807) is 18.3 Å². The summed E-state index contributed by atoms with van der Waals surface area (Å²) in [5, 5.41) is 4.08. The molecular weight excluding hydrogens is 224 g/mol. The van der Waals surface area contributed by atoms with E-state index < -0.39 is 0 Å². The summed E-state index contributed by atoms with van der Waals surface area (Å²) in [6.07, 6.45) is 0. The second kappa shape index (κ2) is 5.96. The van der Waals surface area contributed by atoms with Gasteiger partial charge in [-0.25, -0.2) is 9.78 Å². The van der Waals surface area contributed by atoms with E-state index in [1.165, 1.54) is 0 Å². The van der Waals surface area contributed by atoms with E-state index in [4.69, 9.17) is 4.74 Å². The highest BCUT2D eigenvalue weighted by Gasteiger charge is 2.18. The third-order valence-electron chi connectivity index (χ3n) is 2.21. The summed E-state index contributed by atoms with van der Waals surface area (Å²) in [5.74, 6) is -0.00367. The summed E-state index contributed by atoms with van der Waals surface area (Å²) < 4.78 is 4.95. The number of thiazole rings is 1. The van der Waals surface area contributed by atoms with Gasteiger partial charge in [-0.15, -0.1) is 11.3 Å². The average molecular weight is 242 g/mol. The Balaban J connectivity index is 2.84. The highest BCUT2D eigenvalue weighted by Crippen LogP contribution is 2.24. The van der Waals surface area contributed by atoms with Gasteiger partial charge in [0.25, 0.3) is 0 Å². The van der Waals surface area contributed by atoms with Crippen molar-refractivity contribution in [1.29, 1.82) is 0 Å². The first-order valence-corrected chi connectivity index (χ1v) is 6.20. The van der Waals surface area contributed by atoms with Crippen LogP contribution in [0, 0.1) is 6.92 Å². The number of carbonyl (C=O) groups excluding carboxylic acids is 1. The number of hydrogen-bond acceptors (Lipinski definition) is 5. The molecule has 4 nitrogen and oxygen atoms in total. The van der Waals surface area contributed by atoms with Crippen LogP contribution in [0.1, 0.15) is 40.1 Å². The van der Waals surface area contributed by atoms with E-state index in [0.717, 1.165) is 16.4 Å². The summed E-state index contributed by atoms with van der Waals surface area (Å²) in [4.78, 5) is 16.8. The van der Waals surface area contributed by atoms with Crippen molar-refractivity contribution >= 4 is 17.3 Å². The Bertz CT molecular complexity index is 363. The van der Waals surface area contributed by atoms with E-state index in [9.17, 15) is 4.79 Å². The zero-order chi connectivity index (χ0) is 12.1. The first-order chi connectivity index (χ1) is 7.60. The third kappa shape index (κ3) is 3.02. The normalized spacial score (nSPS) is 12.5. The lowest BCUT2D eigenvalue weighted by molar-refractivity contribution is 0.0519. The van der Waals surface area contributed by atoms with Gasteiger partial charge in [-0.05, 0) is 20.9 Å². The molecule has 0 aliphatic rings. The van der Waals surface area contributed by atoms with Crippen LogP contribution < -0.4 is 5.32 Å². The number of esters is 1. The van der Waals surface area contributed by atoms with Crippen LogP contribution in [0.5, 0.6) is 0 Å². The van der Waals surface area contributed by atoms with Crippen molar-refractivity contribution in [3.05, 3.63) is 15.6 Å². The molecule has 0 bridgehead atoms. The highest BCUT2D eigenvalue weighted by atomic mass is 32.1. The summed E-state index contributed by atoms with van der Waals surface area (Å²) in [5.41, 5.74) is 0.463. The summed E-state index contributed by atoms with van der Waals surface area (Å²) in [7, 11) is 1.91. The quantitative estimate of drug-likeness (QED) is 0.802. The fraction of sp³-hybridized carbons (Fsp3) is 0.636. The molecule has 0 spiro atoms. The maximum Gasteiger partial charge on any atom is 0.358 e. The van der Waals surface area contributed by atoms with Crippen LogP contribution in [-0.4, -0.2) is 31.2 Å². The molecule has 1 heterocycles. The van der Waals surface area contributed by atoms with E-state index in [-0.39, 0.29) is 5.97 Å². The minimum Gasteiger partial charge on any atom is -0.461 e. The summed E-state index contributed by atoms with van der Waals surface area (Å²) in [6, 6.07) is 0. The van der Waals surface area contributed by atoms with Gasteiger partial charge in [0.05, 0.1) is 11.6 Å². The third-order valence-corrected chi connectivity index (χ3v) is 3.42. The Morgan fingerprint density at radius 1 is 1.62 bits per heavy atom. The van der Waals surface area contributed by atoms with E-state index in [2.05, 4.69) is 17.2 Å². The van der Waals surface area contributed by atoms with Crippen molar-refractivity contribution in [3.63, 3.8) is 0 Å².